The van der Waals surface area contributed by atoms with E-state index < -0.39 is 0 Å². The number of hydrogen-bond acceptors (Lipinski definition) is 5. The second-order valence-corrected chi connectivity index (χ2v) is 6.73. The molecule has 0 saturated carbocycles. The third-order valence-electron chi connectivity index (χ3n) is 3.96. The largest absolute Gasteiger partial charge is 0.356 e. The molecule has 2 aromatic rings. The van der Waals surface area contributed by atoms with E-state index >= 15 is 0 Å². The Morgan fingerprint density at radius 2 is 2.33 bits per heavy atom. The fourth-order valence-corrected chi connectivity index (χ4v) is 3.97. The Bertz CT molecular complexity index is 627. The van der Waals surface area contributed by atoms with Gasteiger partial charge in [0.05, 0.1) is 10.4 Å². The number of amides is 1. The van der Waals surface area contributed by atoms with Gasteiger partial charge in [-0.3, -0.25) is 4.79 Å². The highest BCUT2D eigenvalue weighted by Gasteiger charge is 2.23. The van der Waals surface area contributed by atoms with Gasteiger partial charge in [0.15, 0.2) is 10.8 Å². The van der Waals surface area contributed by atoms with Gasteiger partial charge in [-0.15, -0.1) is 0 Å². The van der Waals surface area contributed by atoms with Gasteiger partial charge in [-0.2, -0.15) is 5.10 Å². The predicted octanol–water partition coefficient (Wildman–Crippen LogP) is 1.69. The molecule has 0 radical (unpaired) electrons. The van der Waals surface area contributed by atoms with Crippen LogP contribution in [0, 0.1) is 12.8 Å². The Kier molecular flexibility index (Phi) is 3.84. The van der Waals surface area contributed by atoms with Crippen molar-refractivity contribution >= 4 is 32.7 Å². The van der Waals surface area contributed by atoms with Gasteiger partial charge in [0, 0.05) is 33.6 Å². The number of hydrogen-bond donors (Lipinski definition) is 1. The van der Waals surface area contributed by atoms with Gasteiger partial charge < -0.3 is 10.2 Å². The molecule has 1 fully saturated rings. The normalized spacial score (nSPS) is 19.2. The Balaban J connectivity index is 1.75. The first-order valence-electron chi connectivity index (χ1n) is 7.34. The minimum absolute atomic E-state index is 0.0498. The highest BCUT2D eigenvalue weighted by atomic mass is 32.1. The summed E-state index contributed by atoms with van der Waals surface area (Å²) in [6, 6.07) is 0. The minimum atomic E-state index is 0.0498. The Morgan fingerprint density at radius 3 is 3.05 bits per heavy atom. The molecule has 1 saturated heterocycles. The maximum Gasteiger partial charge on any atom is 0.216 e. The quantitative estimate of drug-likeness (QED) is 0.937. The summed E-state index contributed by atoms with van der Waals surface area (Å²) in [6.45, 7) is 6.37. The Hall–Kier alpha value is -1.63. The molecule has 6 nitrogen and oxygen atoms in total. The van der Waals surface area contributed by atoms with E-state index in [1.807, 2.05) is 18.7 Å². The molecule has 7 heteroatoms. The molecule has 1 aliphatic heterocycles. The van der Waals surface area contributed by atoms with Crippen LogP contribution in [0.2, 0.25) is 0 Å². The summed E-state index contributed by atoms with van der Waals surface area (Å²) >= 11 is 1.72. The zero-order valence-corrected chi connectivity index (χ0v) is 13.5. The van der Waals surface area contributed by atoms with Crippen molar-refractivity contribution in [3.63, 3.8) is 0 Å². The number of aromatic nitrogens is 3. The molecule has 1 atom stereocenters. The summed E-state index contributed by atoms with van der Waals surface area (Å²) < 4.78 is 3.03. The van der Waals surface area contributed by atoms with Crippen molar-refractivity contribution < 1.29 is 4.79 Å². The van der Waals surface area contributed by atoms with Crippen molar-refractivity contribution in [2.45, 2.75) is 26.7 Å². The highest BCUT2D eigenvalue weighted by molar-refractivity contribution is 7.22. The Labute approximate surface area is 128 Å². The van der Waals surface area contributed by atoms with Gasteiger partial charge in [0.25, 0.3) is 0 Å². The summed E-state index contributed by atoms with van der Waals surface area (Å²) in [7, 11) is 1.94. The van der Waals surface area contributed by atoms with E-state index in [0.29, 0.717) is 5.92 Å². The van der Waals surface area contributed by atoms with Crippen LogP contribution >= 0.6 is 11.3 Å². The van der Waals surface area contributed by atoms with Crippen LogP contribution in [0.4, 0.5) is 5.13 Å². The summed E-state index contributed by atoms with van der Waals surface area (Å²) in [5.74, 6) is 0.558. The molecule has 3 heterocycles. The standard InChI is InChI=1S/C14H21N5OS/c1-9-12-13(18(3)17-9)16-14(21-12)19-6-4-5-11(8-19)7-15-10(2)20/h11H,4-8H2,1-3H3,(H,15,20)/t11-/m0/s1. The van der Waals surface area contributed by atoms with Crippen LogP contribution in [0.25, 0.3) is 10.3 Å². The second-order valence-electron chi connectivity index (χ2n) is 5.75. The fourth-order valence-electron chi connectivity index (χ4n) is 2.90. The zero-order chi connectivity index (χ0) is 15.0. The van der Waals surface area contributed by atoms with Crippen molar-refractivity contribution in [2.24, 2.45) is 13.0 Å². The van der Waals surface area contributed by atoms with Gasteiger partial charge in [-0.25, -0.2) is 9.67 Å². The van der Waals surface area contributed by atoms with Crippen LogP contribution < -0.4 is 10.2 Å². The van der Waals surface area contributed by atoms with Crippen molar-refractivity contribution in [1.82, 2.24) is 20.1 Å². The molecular formula is C14H21N5OS. The van der Waals surface area contributed by atoms with Gasteiger partial charge >= 0.3 is 0 Å². The molecule has 0 spiro atoms. The third kappa shape index (κ3) is 2.88. The van der Waals surface area contributed by atoms with Gasteiger partial charge in [-0.05, 0) is 25.7 Å². The van der Waals surface area contributed by atoms with Crippen LogP contribution in [0.5, 0.6) is 0 Å². The van der Waals surface area contributed by atoms with E-state index in [1.54, 1.807) is 18.3 Å². The first-order valence-corrected chi connectivity index (χ1v) is 8.15. The van der Waals surface area contributed by atoms with Crippen molar-refractivity contribution in [2.75, 3.05) is 24.5 Å². The smallest absolute Gasteiger partial charge is 0.216 e. The lowest BCUT2D eigenvalue weighted by Crippen LogP contribution is -2.40. The maximum atomic E-state index is 11.1. The molecule has 3 rings (SSSR count). The van der Waals surface area contributed by atoms with Crippen LogP contribution in [0.3, 0.4) is 0 Å². The van der Waals surface area contributed by atoms with E-state index in [0.717, 1.165) is 42.5 Å². The summed E-state index contributed by atoms with van der Waals surface area (Å²) in [5.41, 5.74) is 2.01. The number of thiazole rings is 1. The summed E-state index contributed by atoms with van der Waals surface area (Å²) in [4.78, 5) is 18.1. The molecule has 21 heavy (non-hydrogen) atoms. The van der Waals surface area contributed by atoms with Crippen LogP contribution in [-0.2, 0) is 11.8 Å². The topological polar surface area (TPSA) is 63.1 Å². The molecule has 0 aliphatic carbocycles. The summed E-state index contributed by atoms with van der Waals surface area (Å²) in [6.07, 6.45) is 2.32. The van der Waals surface area contributed by atoms with E-state index in [-0.39, 0.29) is 5.91 Å². The summed E-state index contributed by atoms with van der Waals surface area (Å²) in [5, 5.41) is 8.41. The van der Waals surface area contributed by atoms with Crippen molar-refractivity contribution in [1.29, 1.82) is 0 Å². The first kappa shape index (κ1) is 14.3. The minimum Gasteiger partial charge on any atom is -0.356 e. The van der Waals surface area contributed by atoms with E-state index in [2.05, 4.69) is 15.3 Å². The first-order chi connectivity index (χ1) is 10.0. The second kappa shape index (κ2) is 5.63. The van der Waals surface area contributed by atoms with Gasteiger partial charge in [0.1, 0.15) is 0 Å². The molecule has 1 N–H and O–H groups in total. The van der Waals surface area contributed by atoms with Crippen molar-refractivity contribution in [3.8, 4) is 0 Å². The Morgan fingerprint density at radius 1 is 1.52 bits per heavy atom. The fraction of sp³-hybridized carbons (Fsp3) is 0.643. The van der Waals surface area contributed by atoms with Crippen molar-refractivity contribution in [3.05, 3.63) is 5.69 Å². The van der Waals surface area contributed by atoms with E-state index in [1.165, 1.54) is 11.1 Å². The molecule has 0 bridgehead atoms. The van der Waals surface area contributed by atoms with E-state index in [4.69, 9.17) is 4.98 Å². The lowest BCUT2D eigenvalue weighted by molar-refractivity contribution is -0.119. The maximum absolute atomic E-state index is 11.1. The zero-order valence-electron chi connectivity index (χ0n) is 12.7. The molecule has 1 amide bonds. The van der Waals surface area contributed by atoms with Crippen LogP contribution in [-0.4, -0.2) is 40.3 Å². The number of aryl methyl sites for hydroxylation is 2. The lowest BCUT2D eigenvalue weighted by Gasteiger charge is -2.32. The highest BCUT2D eigenvalue weighted by Crippen LogP contribution is 2.32. The van der Waals surface area contributed by atoms with E-state index in [9.17, 15) is 4.79 Å². The number of fused-ring (bicyclic) bond motifs is 1. The monoisotopic (exact) mass is 307 g/mol. The molecule has 2 aromatic heterocycles. The number of rotatable bonds is 3. The van der Waals surface area contributed by atoms with Crippen LogP contribution in [0.15, 0.2) is 0 Å². The average Bonchev–Trinajstić information content (AvgIpc) is 3.00. The molecule has 114 valence electrons. The number of anilines is 1. The number of nitrogens with zero attached hydrogens (tertiary/aromatic N) is 4. The molecule has 0 unspecified atom stereocenters. The number of nitrogens with one attached hydrogen (secondary N) is 1. The number of piperidine rings is 1. The molecule has 0 aromatic carbocycles. The van der Waals surface area contributed by atoms with Gasteiger partial charge in [0.2, 0.25) is 5.91 Å². The van der Waals surface area contributed by atoms with Crippen LogP contribution in [0.1, 0.15) is 25.5 Å². The number of carbonyl (C=O) groups excluding carboxylic acids is 1. The number of carbonyl (C=O) groups is 1. The third-order valence-corrected chi connectivity index (χ3v) is 5.18. The molecular weight excluding hydrogens is 286 g/mol. The molecule has 1 aliphatic rings. The van der Waals surface area contributed by atoms with Gasteiger partial charge in [-0.1, -0.05) is 11.3 Å². The SMILES string of the molecule is CC(=O)NC[C@@H]1CCCN(c2nc3c(s2)c(C)nn3C)C1. The predicted molar refractivity (Wildman–Crippen MR) is 84.7 cm³/mol. The lowest BCUT2D eigenvalue weighted by atomic mass is 9.98. The average molecular weight is 307 g/mol.